The molecule has 4 nitrogen and oxygen atoms in total. The van der Waals surface area contributed by atoms with Gasteiger partial charge in [0.2, 0.25) is 0 Å². The van der Waals surface area contributed by atoms with E-state index in [-0.39, 0.29) is 0 Å². The summed E-state index contributed by atoms with van der Waals surface area (Å²) in [5, 5.41) is 1.57. The monoisotopic (exact) mass is 479 g/mol. The molecule has 0 fully saturated rings. The molecule has 0 bridgehead atoms. The van der Waals surface area contributed by atoms with Crippen LogP contribution in [0.25, 0.3) is 0 Å². The van der Waals surface area contributed by atoms with Crippen molar-refractivity contribution in [2.45, 2.75) is 0 Å². The Morgan fingerprint density at radius 1 is 0.464 bits per heavy atom. The van der Waals surface area contributed by atoms with Crippen molar-refractivity contribution < 1.29 is 29.0 Å². The average Bonchev–Trinajstić information content (AvgIpc) is 2.80. The van der Waals surface area contributed by atoms with Gasteiger partial charge in [-0.25, -0.2) is 0 Å². The molecule has 3 aromatic carbocycles. The van der Waals surface area contributed by atoms with Crippen LogP contribution >= 0.6 is 0 Å². The van der Waals surface area contributed by atoms with Crippen molar-refractivity contribution >= 4 is 45.5 Å². The molecule has 0 amide bonds. The minimum atomic E-state index is -4.95. The Morgan fingerprint density at radius 3 is 0.929 bits per heavy atom. The van der Waals surface area contributed by atoms with Crippen LogP contribution in [-0.4, -0.2) is 32.4 Å². The first-order chi connectivity index (χ1) is 13.6. The van der Waals surface area contributed by atoms with Gasteiger partial charge in [0, 0.05) is 0 Å². The molecule has 28 heavy (non-hydrogen) atoms. The molecule has 0 unspecified atom stereocenters. The fourth-order valence-electron chi connectivity index (χ4n) is 3.57. The van der Waals surface area contributed by atoms with E-state index < -0.39 is 21.5 Å². The van der Waals surface area contributed by atoms with Crippen molar-refractivity contribution in [1.29, 1.82) is 0 Å². The fourth-order valence-corrected chi connectivity index (χ4v) is 32.5. The summed E-state index contributed by atoms with van der Waals surface area (Å²) in [5.41, 5.74) is 0. The Kier molecular flexibility index (Phi) is 5.62. The summed E-state index contributed by atoms with van der Waals surface area (Å²) in [6.45, 7) is 0. The van der Waals surface area contributed by atoms with Gasteiger partial charge in [-0.15, -0.1) is 0 Å². The second-order valence-electron chi connectivity index (χ2n) is 6.19. The first-order valence-electron chi connectivity index (χ1n) is 8.42. The Balaban J connectivity index is 2.68. The van der Waals surface area contributed by atoms with Gasteiger partial charge in [-0.3, -0.25) is 0 Å². The molecule has 3 rings (SSSR count). The van der Waals surface area contributed by atoms with E-state index in [0.29, 0.717) is 20.7 Å². The summed E-state index contributed by atoms with van der Waals surface area (Å²) in [6, 6.07) is 27.3. The summed E-state index contributed by atoms with van der Waals surface area (Å²) in [6.07, 6.45) is 0. The Hall–Kier alpha value is -2.58. The predicted molar refractivity (Wildman–Crippen MR) is 112 cm³/mol. The molecule has 0 saturated carbocycles. The van der Waals surface area contributed by atoms with E-state index in [1.165, 1.54) is 0 Å². The van der Waals surface area contributed by atoms with E-state index in [2.05, 4.69) is 0 Å². The second kappa shape index (κ2) is 7.81. The number of hydrogen-bond acceptors (Lipinski definition) is 4. The maximum absolute atomic E-state index is 12.6. The predicted octanol–water partition coefficient (Wildman–Crippen LogP) is 0.836. The summed E-state index contributed by atoms with van der Waals surface area (Å²) in [5.74, 6) is 0. The molecule has 0 spiro atoms. The Bertz CT molecular complexity index is 866. The number of benzene rings is 3. The normalized spacial score (nSPS) is 13.5. The summed E-state index contributed by atoms with van der Waals surface area (Å²) < 4.78 is 2.17. The van der Waals surface area contributed by atoms with Crippen LogP contribution in [0.2, 0.25) is 0 Å². The molecule has 0 aliphatic heterocycles. The molecule has 6 heteroatoms. The van der Waals surface area contributed by atoms with Crippen LogP contribution < -0.4 is 13.1 Å². The second-order valence-corrected chi connectivity index (χ2v) is 28.4. The molecule has 145 valence electrons. The van der Waals surface area contributed by atoms with Gasteiger partial charge in [0.05, 0.1) is 0 Å². The van der Waals surface area contributed by atoms with Crippen LogP contribution in [0.5, 0.6) is 0 Å². The van der Waals surface area contributed by atoms with Gasteiger partial charge in [-0.1, -0.05) is 0 Å². The van der Waals surface area contributed by atoms with Crippen molar-refractivity contribution in [3.63, 3.8) is 0 Å². The molecule has 0 atom stereocenters. The first kappa shape index (κ1) is 20.2. The van der Waals surface area contributed by atoms with Gasteiger partial charge in [0.25, 0.3) is 0 Å². The average molecular weight is 479 g/mol. The van der Waals surface area contributed by atoms with E-state index in [9.17, 15) is 19.2 Å². The molecule has 0 aromatic heterocycles. The zero-order chi connectivity index (χ0) is 20.1. The molecule has 0 aliphatic carbocycles. The van der Waals surface area contributed by atoms with Crippen molar-refractivity contribution in [3.8, 4) is 0 Å². The summed E-state index contributed by atoms with van der Waals surface area (Å²) in [4.78, 5) is 50.5. The molecule has 0 aliphatic rings. The van der Waals surface area contributed by atoms with E-state index >= 15 is 0 Å². The molecular weight excluding hydrogens is 459 g/mol. The third-order valence-electron chi connectivity index (χ3n) is 4.85. The summed E-state index contributed by atoms with van der Waals surface area (Å²) >= 11 is -4.43. The van der Waals surface area contributed by atoms with E-state index in [0.717, 1.165) is 13.1 Å². The van der Waals surface area contributed by atoms with Crippen molar-refractivity contribution in [2.75, 3.05) is 0 Å². The van der Waals surface area contributed by atoms with Crippen LogP contribution in [0.15, 0.2) is 91.0 Å². The standard InChI is InChI=1S/C18H16As.4CHO.Fe/c1-4-10-16(11-5-1)19(17-12-6-2-7-13-17)18-14-8-3-9-15-18;4*1-2;/h1-15,19H;4*1H;/q+1;;;;;-1. The molecular formula is C22H20AsFeO4. The number of rotatable bonds is 8. The quantitative estimate of drug-likeness (QED) is 0.355. The summed E-state index contributed by atoms with van der Waals surface area (Å²) in [7, 11) is -4.95. The zero-order valence-corrected chi connectivity index (χ0v) is 18.2. The number of carbonyl (C=O) groups excluding carboxylic acids is 4. The van der Waals surface area contributed by atoms with Crippen molar-refractivity contribution in [2.24, 2.45) is 0 Å². The molecule has 0 radical (unpaired) electrons. The minimum absolute atomic E-state index is 0.392. The van der Waals surface area contributed by atoms with Gasteiger partial charge < -0.3 is 0 Å². The maximum atomic E-state index is 12.6. The van der Waals surface area contributed by atoms with E-state index in [1.807, 2.05) is 54.6 Å². The van der Waals surface area contributed by atoms with E-state index in [4.69, 9.17) is 0 Å². The van der Waals surface area contributed by atoms with Gasteiger partial charge in [0.1, 0.15) is 0 Å². The Labute approximate surface area is 165 Å². The zero-order valence-electron chi connectivity index (χ0n) is 15.0. The van der Waals surface area contributed by atoms with Gasteiger partial charge in [-0.05, 0) is 0 Å². The van der Waals surface area contributed by atoms with E-state index in [1.54, 1.807) is 36.4 Å². The van der Waals surface area contributed by atoms with Crippen LogP contribution in [0.1, 0.15) is 0 Å². The third-order valence-corrected chi connectivity index (χ3v) is 34.6. The van der Waals surface area contributed by atoms with Gasteiger partial charge in [0.15, 0.2) is 0 Å². The van der Waals surface area contributed by atoms with Crippen molar-refractivity contribution in [3.05, 3.63) is 91.0 Å². The number of carbonyl (C=O) groups is 4. The van der Waals surface area contributed by atoms with Crippen LogP contribution in [0, 0.1) is 0 Å². The molecule has 0 heterocycles. The van der Waals surface area contributed by atoms with Crippen molar-refractivity contribution in [1.82, 2.24) is 0 Å². The molecule has 0 N–H and O–H groups in total. The molecule has 0 saturated heterocycles. The van der Waals surface area contributed by atoms with Gasteiger partial charge >= 0.3 is 165 Å². The van der Waals surface area contributed by atoms with Gasteiger partial charge in [-0.2, -0.15) is 0 Å². The SMILES string of the molecule is O=[CH][Fe]([CH]=O)([CH]=O)([CH]=O)[AsH](c1ccccc1)(c1ccccc1)c1ccccc1. The number of hydrogen-bond donors (Lipinski definition) is 0. The van der Waals surface area contributed by atoms with Crippen LogP contribution in [0.3, 0.4) is 0 Å². The van der Waals surface area contributed by atoms with Crippen LogP contribution in [0.4, 0.5) is 0 Å². The van der Waals surface area contributed by atoms with Crippen LogP contribution in [-0.2, 0) is 29.0 Å². The molecule has 3 aromatic rings. The fraction of sp³-hybridized carbons (Fsp3) is 0. The Morgan fingerprint density at radius 2 is 0.714 bits per heavy atom. The topological polar surface area (TPSA) is 68.3 Å². The first-order valence-corrected chi connectivity index (χ1v) is 17.7. The third kappa shape index (κ3) is 2.59.